The lowest BCUT2D eigenvalue weighted by molar-refractivity contribution is 0.573. The molecule has 0 aliphatic carbocycles. The van der Waals surface area contributed by atoms with Crippen LogP contribution >= 0.6 is 11.6 Å². The molecular weight excluding hydrogens is 262 g/mol. The molecular formula is C10H12ClN3O2S. The number of sulfone groups is 1. The van der Waals surface area contributed by atoms with E-state index in [2.05, 4.69) is 9.97 Å². The van der Waals surface area contributed by atoms with E-state index in [1.54, 1.807) is 19.9 Å². The average molecular weight is 274 g/mol. The van der Waals surface area contributed by atoms with Crippen LogP contribution in [-0.4, -0.2) is 30.0 Å². The first-order chi connectivity index (χ1) is 7.89. The summed E-state index contributed by atoms with van der Waals surface area (Å²) in [6.07, 6.45) is 0. The summed E-state index contributed by atoms with van der Waals surface area (Å²) in [5.41, 5.74) is 0.503. The summed E-state index contributed by atoms with van der Waals surface area (Å²) >= 11 is 5.58. The number of hydrogen-bond donors (Lipinski definition) is 0. The van der Waals surface area contributed by atoms with Crippen LogP contribution in [0.15, 0.2) is 11.2 Å². The first-order valence-electron chi connectivity index (χ1n) is 4.93. The van der Waals surface area contributed by atoms with Gasteiger partial charge in [-0.05, 0) is 18.9 Å². The third-order valence-corrected chi connectivity index (χ3v) is 4.27. The van der Waals surface area contributed by atoms with Crippen molar-refractivity contribution in [1.82, 2.24) is 9.97 Å². The zero-order chi connectivity index (χ0) is 13.1. The van der Waals surface area contributed by atoms with Crippen molar-refractivity contribution in [3.05, 3.63) is 17.5 Å². The fourth-order valence-electron chi connectivity index (χ4n) is 1.23. The fraction of sp³-hybridized carbons (Fsp3) is 0.500. The van der Waals surface area contributed by atoms with Crippen molar-refractivity contribution < 1.29 is 8.42 Å². The summed E-state index contributed by atoms with van der Waals surface area (Å²) in [7, 11) is -3.58. The summed E-state index contributed by atoms with van der Waals surface area (Å²) in [6, 6.07) is 3.24. The lowest BCUT2D eigenvalue weighted by Crippen LogP contribution is -2.18. The molecule has 1 aromatic rings. The monoisotopic (exact) mass is 273 g/mol. The van der Waals surface area contributed by atoms with Crippen LogP contribution in [0.25, 0.3) is 0 Å². The number of alkyl halides is 1. The zero-order valence-electron chi connectivity index (χ0n) is 9.51. The van der Waals surface area contributed by atoms with Crippen molar-refractivity contribution in [2.45, 2.75) is 19.0 Å². The van der Waals surface area contributed by atoms with Crippen molar-refractivity contribution in [3.8, 4) is 6.07 Å². The minimum absolute atomic E-state index is 0.0506. The highest BCUT2D eigenvalue weighted by Crippen LogP contribution is 2.12. The van der Waals surface area contributed by atoms with Gasteiger partial charge in [0, 0.05) is 11.6 Å². The normalized spacial score (nSPS) is 13.1. The molecule has 0 spiro atoms. The Morgan fingerprint density at radius 1 is 1.53 bits per heavy atom. The summed E-state index contributed by atoms with van der Waals surface area (Å²) in [5, 5.41) is 8.42. The molecule has 0 N–H and O–H groups in total. The number of rotatable bonds is 4. The molecule has 1 atom stereocenters. The van der Waals surface area contributed by atoms with Crippen LogP contribution in [0.5, 0.6) is 0 Å². The lowest BCUT2D eigenvalue weighted by Gasteiger charge is -2.07. The van der Waals surface area contributed by atoms with Gasteiger partial charge >= 0.3 is 0 Å². The lowest BCUT2D eigenvalue weighted by atomic mass is 10.3. The van der Waals surface area contributed by atoms with E-state index in [0.29, 0.717) is 5.69 Å². The minimum atomic E-state index is -3.58. The third kappa shape index (κ3) is 3.65. The molecule has 17 heavy (non-hydrogen) atoms. The van der Waals surface area contributed by atoms with Gasteiger partial charge < -0.3 is 0 Å². The van der Waals surface area contributed by atoms with Gasteiger partial charge in [0.1, 0.15) is 11.8 Å². The highest BCUT2D eigenvalue weighted by molar-refractivity contribution is 7.91. The zero-order valence-corrected chi connectivity index (χ0v) is 11.1. The molecule has 5 nitrogen and oxygen atoms in total. The predicted octanol–water partition coefficient (Wildman–Crippen LogP) is 1.31. The molecule has 7 heteroatoms. The number of hydrogen-bond acceptors (Lipinski definition) is 5. The Labute approximate surface area is 105 Å². The molecule has 0 amide bonds. The molecule has 1 unspecified atom stereocenters. The van der Waals surface area contributed by atoms with E-state index >= 15 is 0 Å². The van der Waals surface area contributed by atoms with Gasteiger partial charge in [-0.1, -0.05) is 6.92 Å². The number of nitrogens with zero attached hydrogens (tertiary/aromatic N) is 3. The Balaban J connectivity index is 3.16. The quantitative estimate of drug-likeness (QED) is 0.610. The van der Waals surface area contributed by atoms with Crippen molar-refractivity contribution in [2.24, 2.45) is 5.92 Å². The first-order valence-corrected chi connectivity index (χ1v) is 7.12. The second kappa shape index (κ2) is 5.43. The number of halogens is 1. The molecule has 1 heterocycles. The fourth-order valence-corrected chi connectivity index (χ4v) is 3.01. The number of nitriles is 1. The van der Waals surface area contributed by atoms with Crippen LogP contribution in [0.2, 0.25) is 0 Å². The Hall–Kier alpha value is -1.19. The molecule has 92 valence electrons. The molecule has 0 aliphatic rings. The SMILES string of the molecule is Cc1cc(C#N)nc(S(=O)(=O)CC(C)CCl)n1. The summed E-state index contributed by atoms with van der Waals surface area (Å²) in [5.74, 6) is -0.0580. The molecule has 0 aromatic carbocycles. The van der Waals surface area contributed by atoms with Gasteiger partial charge in [-0.15, -0.1) is 11.6 Å². The van der Waals surface area contributed by atoms with Gasteiger partial charge in [0.05, 0.1) is 5.75 Å². The Bertz CT molecular complexity index is 551. The highest BCUT2D eigenvalue weighted by atomic mass is 35.5. The topological polar surface area (TPSA) is 83.7 Å². The molecule has 0 aliphatic heterocycles. The third-order valence-electron chi connectivity index (χ3n) is 1.99. The van der Waals surface area contributed by atoms with Crippen molar-refractivity contribution >= 4 is 21.4 Å². The van der Waals surface area contributed by atoms with Crippen molar-refractivity contribution in [3.63, 3.8) is 0 Å². The van der Waals surface area contributed by atoms with E-state index in [4.69, 9.17) is 16.9 Å². The van der Waals surface area contributed by atoms with Crippen LogP contribution in [0, 0.1) is 24.2 Å². The van der Waals surface area contributed by atoms with E-state index < -0.39 is 9.84 Å². The summed E-state index contributed by atoms with van der Waals surface area (Å²) in [6.45, 7) is 3.35. The van der Waals surface area contributed by atoms with Crippen LogP contribution < -0.4 is 0 Å². The van der Waals surface area contributed by atoms with Crippen LogP contribution in [-0.2, 0) is 9.84 Å². The Kier molecular flexibility index (Phi) is 4.43. The minimum Gasteiger partial charge on any atom is -0.224 e. The maximum atomic E-state index is 11.9. The first kappa shape index (κ1) is 13.9. The van der Waals surface area contributed by atoms with Gasteiger partial charge in [0.2, 0.25) is 15.0 Å². The van der Waals surface area contributed by atoms with Gasteiger partial charge in [0.25, 0.3) is 0 Å². The van der Waals surface area contributed by atoms with E-state index in [0.717, 1.165) is 0 Å². The van der Waals surface area contributed by atoms with Crippen molar-refractivity contribution in [2.75, 3.05) is 11.6 Å². The second-order valence-electron chi connectivity index (χ2n) is 3.83. The largest absolute Gasteiger partial charge is 0.248 e. The maximum Gasteiger partial charge on any atom is 0.248 e. The average Bonchev–Trinajstić information content (AvgIpc) is 2.27. The highest BCUT2D eigenvalue weighted by Gasteiger charge is 2.22. The van der Waals surface area contributed by atoms with Crippen LogP contribution in [0.3, 0.4) is 0 Å². The molecule has 1 rings (SSSR count). The number of aryl methyl sites for hydroxylation is 1. The van der Waals surface area contributed by atoms with Gasteiger partial charge in [0.15, 0.2) is 0 Å². The maximum absolute atomic E-state index is 11.9. The molecule has 0 radical (unpaired) electrons. The van der Waals surface area contributed by atoms with E-state index in [-0.39, 0.29) is 28.4 Å². The van der Waals surface area contributed by atoms with Gasteiger partial charge in [-0.3, -0.25) is 0 Å². The van der Waals surface area contributed by atoms with Gasteiger partial charge in [-0.2, -0.15) is 5.26 Å². The van der Waals surface area contributed by atoms with Gasteiger partial charge in [-0.25, -0.2) is 18.4 Å². The molecule has 0 saturated carbocycles. The molecule has 0 bridgehead atoms. The second-order valence-corrected chi connectivity index (χ2v) is 6.07. The summed E-state index contributed by atoms with van der Waals surface area (Å²) in [4.78, 5) is 7.56. The molecule has 1 aromatic heterocycles. The molecule has 0 saturated heterocycles. The Morgan fingerprint density at radius 2 is 2.18 bits per heavy atom. The van der Waals surface area contributed by atoms with E-state index in [9.17, 15) is 8.42 Å². The smallest absolute Gasteiger partial charge is 0.224 e. The van der Waals surface area contributed by atoms with Crippen molar-refractivity contribution in [1.29, 1.82) is 5.26 Å². The number of aromatic nitrogens is 2. The summed E-state index contributed by atoms with van der Waals surface area (Å²) < 4.78 is 23.9. The van der Waals surface area contributed by atoms with E-state index in [1.807, 2.05) is 0 Å². The van der Waals surface area contributed by atoms with Crippen LogP contribution in [0.1, 0.15) is 18.3 Å². The van der Waals surface area contributed by atoms with Crippen LogP contribution in [0.4, 0.5) is 0 Å². The Morgan fingerprint density at radius 3 is 2.71 bits per heavy atom. The molecule has 0 fully saturated rings. The standard InChI is InChI=1S/C10H12ClN3O2S/c1-7(4-11)6-17(15,16)10-13-8(2)3-9(5-12)14-10/h3,7H,4,6H2,1-2H3. The predicted molar refractivity (Wildman–Crippen MR) is 63.4 cm³/mol. The van der Waals surface area contributed by atoms with E-state index in [1.165, 1.54) is 6.07 Å².